The van der Waals surface area contributed by atoms with E-state index in [0.717, 1.165) is 128 Å². The fraction of sp³-hybridized carbons (Fsp3) is 0.667. The topological polar surface area (TPSA) is 78.9 Å². The Balaban J connectivity index is 4.25. The molecule has 0 aromatic heterocycles. The summed E-state index contributed by atoms with van der Waals surface area (Å²) in [4.78, 5) is 38.3. The molecule has 0 aliphatic carbocycles. The van der Waals surface area contributed by atoms with Crippen LogP contribution in [0.25, 0.3) is 0 Å². The van der Waals surface area contributed by atoms with Crippen molar-refractivity contribution in [1.82, 2.24) is 0 Å². The molecule has 0 radical (unpaired) electrons. The van der Waals surface area contributed by atoms with Gasteiger partial charge in [-0.15, -0.1) is 0 Å². The molecule has 6 nitrogen and oxygen atoms in total. The number of carbonyl (C=O) groups is 3. The van der Waals surface area contributed by atoms with E-state index in [-0.39, 0.29) is 31.1 Å². The van der Waals surface area contributed by atoms with Crippen LogP contribution in [0.2, 0.25) is 0 Å². The molecular weight excluding hydrogens is 997 g/mol. The van der Waals surface area contributed by atoms with Crippen LogP contribution in [0.4, 0.5) is 0 Å². The van der Waals surface area contributed by atoms with Gasteiger partial charge < -0.3 is 14.2 Å². The van der Waals surface area contributed by atoms with Crippen LogP contribution in [0.1, 0.15) is 303 Å². The highest BCUT2D eigenvalue weighted by atomic mass is 16.6. The molecule has 0 rings (SSSR count). The first kappa shape index (κ1) is 76.5. The van der Waals surface area contributed by atoms with Crippen LogP contribution in [0.5, 0.6) is 0 Å². The normalized spacial score (nSPS) is 13.0. The standard InChI is InChI=1S/C75H124O6/c1-4-7-10-13-16-19-22-24-26-28-29-30-31-32-33-34-35-36-37-38-39-40-41-42-43-44-45-47-48-50-53-56-59-62-65-68-74(77)80-71-72(70-79-73(76)67-64-61-58-55-52-21-18-15-12-9-6-3)81-75(78)69-66-63-60-57-54-51-49-46-27-25-23-20-17-14-11-8-5-2/h7,10,15-16,18-19,24-27,29-30,32-33,35-36,38-39,41-42,44-45,72H,4-6,8-9,11-14,17,20-23,28,31,34,37,40,43,46-71H2,1-3H3/b10-7-,18-15-,19-16-,26-24-,27-25-,30-29-,33-32-,36-35-,39-38-,42-41-,45-44-. The Hall–Kier alpha value is -4.45. The Morgan fingerprint density at radius 1 is 0.259 bits per heavy atom. The van der Waals surface area contributed by atoms with E-state index in [1.54, 1.807) is 0 Å². The molecule has 0 aromatic rings. The third kappa shape index (κ3) is 66.2. The summed E-state index contributed by atoms with van der Waals surface area (Å²) in [5.41, 5.74) is 0. The molecule has 0 bridgehead atoms. The quantitative estimate of drug-likeness (QED) is 0.0261. The number of carbonyl (C=O) groups excluding carboxylic acids is 3. The molecular formula is C75H124O6. The maximum atomic E-state index is 12.9. The number of hydrogen-bond acceptors (Lipinski definition) is 6. The predicted molar refractivity (Wildman–Crippen MR) is 353 cm³/mol. The van der Waals surface area contributed by atoms with Crippen molar-refractivity contribution in [1.29, 1.82) is 0 Å². The molecule has 0 spiro atoms. The highest BCUT2D eigenvalue weighted by molar-refractivity contribution is 5.71. The predicted octanol–water partition coefficient (Wildman–Crippen LogP) is 23.3. The van der Waals surface area contributed by atoms with Crippen molar-refractivity contribution in [2.24, 2.45) is 0 Å². The minimum absolute atomic E-state index is 0.0889. The summed E-state index contributed by atoms with van der Waals surface area (Å²) in [5.74, 6) is -0.910. The van der Waals surface area contributed by atoms with E-state index in [1.807, 2.05) is 0 Å². The summed E-state index contributed by atoms with van der Waals surface area (Å²) in [6, 6.07) is 0. The summed E-state index contributed by atoms with van der Waals surface area (Å²) in [6.45, 7) is 6.47. The van der Waals surface area contributed by atoms with Gasteiger partial charge in [0.25, 0.3) is 0 Å². The third-order valence-corrected chi connectivity index (χ3v) is 14.1. The number of allylic oxidation sites excluding steroid dienone is 22. The summed E-state index contributed by atoms with van der Waals surface area (Å²) in [6.07, 6.45) is 96.1. The van der Waals surface area contributed by atoms with Crippen LogP contribution in [0.15, 0.2) is 134 Å². The van der Waals surface area contributed by atoms with E-state index in [4.69, 9.17) is 14.2 Å². The molecule has 1 unspecified atom stereocenters. The van der Waals surface area contributed by atoms with Crippen molar-refractivity contribution in [2.75, 3.05) is 13.2 Å². The van der Waals surface area contributed by atoms with Gasteiger partial charge in [-0.25, -0.2) is 0 Å². The zero-order valence-electron chi connectivity index (χ0n) is 52.8. The van der Waals surface area contributed by atoms with Crippen LogP contribution < -0.4 is 0 Å². The number of unbranched alkanes of at least 4 members (excludes halogenated alkanes) is 27. The van der Waals surface area contributed by atoms with E-state index < -0.39 is 6.10 Å². The van der Waals surface area contributed by atoms with Gasteiger partial charge in [-0.3, -0.25) is 14.4 Å². The Bertz CT molecular complexity index is 1720. The van der Waals surface area contributed by atoms with Crippen LogP contribution >= 0.6 is 0 Å². The number of ether oxygens (including phenoxy) is 3. The van der Waals surface area contributed by atoms with Crippen LogP contribution in [-0.2, 0) is 28.6 Å². The van der Waals surface area contributed by atoms with Crippen molar-refractivity contribution in [2.45, 2.75) is 309 Å². The van der Waals surface area contributed by atoms with Crippen molar-refractivity contribution in [3.63, 3.8) is 0 Å². The smallest absolute Gasteiger partial charge is 0.306 e. The second kappa shape index (κ2) is 68.1. The molecule has 81 heavy (non-hydrogen) atoms. The van der Waals surface area contributed by atoms with E-state index in [1.165, 1.54) is 135 Å². The van der Waals surface area contributed by atoms with Gasteiger partial charge in [-0.1, -0.05) is 283 Å². The summed E-state index contributed by atoms with van der Waals surface area (Å²) < 4.78 is 16.9. The monoisotopic (exact) mass is 1120 g/mol. The zero-order chi connectivity index (χ0) is 58.5. The highest BCUT2D eigenvalue weighted by Gasteiger charge is 2.19. The average Bonchev–Trinajstić information content (AvgIpc) is 3.47. The molecule has 0 heterocycles. The molecule has 0 aliphatic heterocycles. The molecule has 0 amide bonds. The fourth-order valence-corrected chi connectivity index (χ4v) is 9.06. The van der Waals surface area contributed by atoms with E-state index in [0.29, 0.717) is 19.3 Å². The Labute approximate surface area is 500 Å². The van der Waals surface area contributed by atoms with Crippen LogP contribution in [0.3, 0.4) is 0 Å². The lowest BCUT2D eigenvalue weighted by molar-refractivity contribution is -0.167. The summed E-state index contributed by atoms with van der Waals surface area (Å²) in [5, 5.41) is 0. The van der Waals surface area contributed by atoms with E-state index >= 15 is 0 Å². The SMILES string of the molecule is CC/C=C\C/C=C\C/C=C\C/C=C\C/C=C\C/C=C\C/C=C\C/C=C\C/C=C\CCCCCCCCCC(=O)OCC(COC(=O)CCCCCCC/C=C\CCCC)OC(=O)CCCCCCCCC/C=C\CCCCCCCC. The van der Waals surface area contributed by atoms with Crippen molar-refractivity contribution < 1.29 is 28.6 Å². The average molecular weight is 1120 g/mol. The molecule has 0 aromatic carbocycles. The van der Waals surface area contributed by atoms with Gasteiger partial charge >= 0.3 is 17.9 Å². The lowest BCUT2D eigenvalue weighted by Gasteiger charge is -2.18. The molecule has 0 aliphatic rings. The van der Waals surface area contributed by atoms with Crippen molar-refractivity contribution >= 4 is 17.9 Å². The van der Waals surface area contributed by atoms with Gasteiger partial charge in [0.15, 0.2) is 6.10 Å². The van der Waals surface area contributed by atoms with Crippen LogP contribution in [-0.4, -0.2) is 37.2 Å². The zero-order valence-corrected chi connectivity index (χ0v) is 52.8. The van der Waals surface area contributed by atoms with Crippen LogP contribution in [0, 0.1) is 0 Å². The van der Waals surface area contributed by atoms with E-state index in [2.05, 4.69) is 154 Å². The van der Waals surface area contributed by atoms with Gasteiger partial charge in [-0.05, 0) is 135 Å². The Kier molecular flexibility index (Phi) is 64.3. The largest absolute Gasteiger partial charge is 0.462 e. The lowest BCUT2D eigenvalue weighted by Crippen LogP contribution is -2.30. The lowest BCUT2D eigenvalue weighted by atomic mass is 10.1. The first-order valence-electron chi connectivity index (χ1n) is 33.7. The second-order valence-corrected chi connectivity index (χ2v) is 22.0. The Morgan fingerprint density at radius 2 is 0.494 bits per heavy atom. The maximum Gasteiger partial charge on any atom is 0.306 e. The fourth-order valence-electron chi connectivity index (χ4n) is 9.06. The van der Waals surface area contributed by atoms with Gasteiger partial charge in [0.1, 0.15) is 13.2 Å². The molecule has 0 saturated carbocycles. The number of esters is 3. The highest BCUT2D eigenvalue weighted by Crippen LogP contribution is 2.15. The first-order valence-corrected chi connectivity index (χ1v) is 33.7. The molecule has 6 heteroatoms. The van der Waals surface area contributed by atoms with E-state index in [9.17, 15) is 14.4 Å². The third-order valence-electron chi connectivity index (χ3n) is 14.1. The second-order valence-electron chi connectivity index (χ2n) is 22.0. The van der Waals surface area contributed by atoms with Crippen molar-refractivity contribution in [3.05, 3.63) is 134 Å². The van der Waals surface area contributed by atoms with Gasteiger partial charge in [0, 0.05) is 19.3 Å². The molecule has 0 fully saturated rings. The first-order chi connectivity index (χ1) is 40.0. The number of rotatable bonds is 60. The van der Waals surface area contributed by atoms with Gasteiger partial charge in [0.2, 0.25) is 0 Å². The molecule has 0 saturated heterocycles. The minimum Gasteiger partial charge on any atom is -0.462 e. The molecule has 460 valence electrons. The summed E-state index contributed by atoms with van der Waals surface area (Å²) >= 11 is 0. The summed E-state index contributed by atoms with van der Waals surface area (Å²) in [7, 11) is 0. The maximum absolute atomic E-state index is 12.9. The van der Waals surface area contributed by atoms with Gasteiger partial charge in [0.05, 0.1) is 0 Å². The van der Waals surface area contributed by atoms with Gasteiger partial charge in [-0.2, -0.15) is 0 Å². The number of hydrogen-bond donors (Lipinski definition) is 0. The van der Waals surface area contributed by atoms with Crippen molar-refractivity contribution in [3.8, 4) is 0 Å². The minimum atomic E-state index is -0.792. The molecule has 0 N–H and O–H groups in total. The Morgan fingerprint density at radius 3 is 0.802 bits per heavy atom. The molecule has 1 atom stereocenters.